The number of ether oxygens (including phenoxy) is 1. The summed E-state index contributed by atoms with van der Waals surface area (Å²) in [6.07, 6.45) is 3.41. The van der Waals surface area contributed by atoms with Crippen LogP contribution in [0.4, 0.5) is 4.79 Å². The van der Waals surface area contributed by atoms with E-state index < -0.39 is 5.60 Å². The minimum Gasteiger partial charge on any atom is -0.444 e. The van der Waals surface area contributed by atoms with E-state index in [0.29, 0.717) is 0 Å². The molecular formula is C14H20ClN3O2S. The molecule has 0 aliphatic carbocycles. The third kappa shape index (κ3) is 5.04. The molecule has 1 saturated heterocycles. The summed E-state index contributed by atoms with van der Waals surface area (Å²) in [5.74, 6) is 0.784. The maximum Gasteiger partial charge on any atom is 0.410 e. The Morgan fingerprint density at radius 1 is 1.57 bits per heavy atom. The van der Waals surface area contributed by atoms with Crippen LogP contribution in [0.1, 0.15) is 33.6 Å². The highest BCUT2D eigenvalue weighted by molar-refractivity contribution is 7.99. The van der Waals surface area contributed by atoms with Crippen LogP contribution in [-0.4, -0.2) is 44.9 Å². The van der Waals surface area contributed by atoms with Gasteiger partial charge in [-0.25, -0.2) is 14.8 Å². The van der Waals surface area contributed by atoms with Gasteiger partial charge in [-0.2, -0.15) is 0 Å². The molecule has 0 saturated carbocycles. The molecule has 0 radical (unpaired) electrons. The first-order valence-electron chi connectivity index (χ1n) is 6.96. The van der Waals surface area contributed by atoms with Gasteiger partial charge in [0.05, 0.1) is 0 Å². The van der Waals surface area contributed by atoms with Crippen LogP contribution < -0.4 is 0 Å². The highest BCUT2D eigenvalue weighted by Gasteiger charge is 2.32. The van der Waals surface area contributed by atoms with Crippen LogP contribution in [-0.2, 0) is 4.74 Å². The molecule has 1 atom stereocenters. The number of amides is 1. The topological polar surface area (TPSA) is 55.3 Å². The van der Waals surface area contributed by atoms with Gasteiger partial charge in [-0.3, -0.25) is 0 Å². The molecule has 116 valence electrons. The van der Waals surface area contributed by atoms with E-state index in [2.05, 4.69) is 9.97 Å². The Morgan fingerprint density at radius 3 is 3.00 bits per heavy atom. The van der Waals surface area contributed by atoms with Crippen LogP contribution in [0.15, 0.2) is 17.3 Å². The van der Waals surface area contributed by atoms with Crippen molar-refractivity contribution in [3.63, 3.8) is 0 Å². The summed E-state index contributed by atoms with van der Waals surface area (Å²) in [5.41, 5.74) is -0.461. The van der Waals surface area contributed by atoms with Gasteiger partial charge in [-0.05, 0) is 51.3 Å². The third-order valence-electron chi connectivity index (χ3n) is 3.03. The predicted molar refractivity (Wildman–Crippen MR) is 83.7 cm³/mol. The lowest BCUT2D eigenvalue weighted by molar-refractivity contribution is 0.0242. The molecule has 5 nitrogen and oxygen atoms in total. The summed E-state index contributed by atoms with van der Waals surface area (Å²) < 4.78 is 5.45. The first kappa shape index (κ1) is 16.4. The fraction of sp³-hybridized carbons (Fsp3) is 0.643. The van der Waals surface area contributed by atoms with Gasteiger partial charge in [0.15, 0.2) is 0 Å². The van der Waals surface area contributed by atoms with Crippen molar-refractivity contribution in [2.24, 2.45) is 0 Å². The number of carbonyl (C=O) groups excluding carboxylic acids is 1. The molecule has 0 N–H and O–H groups in total. The van der Waals surface area contributed by atoms with E-state index >= 15 is 0 Å². The van der Waals surface area contributed by atoms with Crippen molar-refractivity contribution >= 4 is 29.5 Å². The number of thioether (sulfide) groups is 1. The van der Waals surface area contributed by atoms with Gasteiger partial charge in [-0.1, -0.05) is 0 Å². The second kappa shape index (κ2) is 6.83. The summed E-state index contributed by atoms with van der Waals surface area (Å²) >= 11 is 7.36. The number of nitrogens with zero attached hydrogens (tertiary/aromatic N) is 3. The molecule has 2 heterocycles. The summed E-state index contributed by atoms with van der Waals surface area (Å²) in [5, 5.41) is 1.07. The Balaban J connectivity index is 1.91. The van der Waals surface area contributed by atoms with Crippen LogP contribution in [0, 0.1) is 0 Å². The Labute approximate surface area is 134 Å². The molecule has 7 heteroatoms. The third-order valence-corrected chi connectivity index (χ3v) is 4.29. The molecule has 1 amide bonds. The number of hydrogen-bond acceptors (Lipinski definition) is 5. The molecule has 0 spiro atoms. The molecule has 1 aliphatic heterocycles. The van der Waals surface area contributed by atoms with E-state index in [0.717, 1.165) is 30.2 Å². The Hall–Kier alpha value is -1.01. The second-order valence-corrected chi connectivity index (χ2v) is 7.32. The van der Waals surface area contributed by atoms with Gasteiger partial charge < -0.3 is 9.64 Å². The van der Waals surface area contributed by atoms with Crippen LogP contribution in [0.5, 0.6) is 0 Å². The first-order valence-corrected chi connectivity index (χ1v) is 8.32. The van der Waals surface area contributed by atoms with Gasteiger partial charge >= 0.3 is 6.09 Å². The maximum absolute atomic E-state index is 12.2. The normalized spacial score (nSPS) is 18.9. The SMILES string of the molecule is CC(C)(C)OC(=O)N1CCC[C@@H]1CSc1ccnc(Cl)n1. The number of rotatable bonds is 3. The molecule has 1 aliphatic rings. The Bertz CT molecular complexity index is 507. The average Bonchev–Trinajstić information content (AvgIpc) is 2.83. The number of carbonyl (C=O) groups is 1. The highest BCUT2D eigenvalue weighted by Crippen LogP contribution is 2.26. The molecule has 0 bridgehead atoms. The quantitative estimate of drug-likeness (QED) is 0.481. The van der Waals surface area contributed by atoms with Crippen molar-refractivity contribution < 1.29 is 9.53 Å². The molecule has 1 aromatic rings. The van der Waals surface area contributed by atoms with Crippen molar-refractivity contribution in [1.82, 2.24) is 14.9 Å². The molecule has 1 aromatic heterocycles. The average molecular weight is 330 g/mol. The lowest BCUT2D eigenvalue weighted by Gasteiger charge is -2.28. The fourth-order valence-corrected chi connectivity index (χ4v) is 3.37. The largest absolute Gasteiger partial charge is 0.444 e. The smallest absolute Gasteiger partial charge is 0.410 e. The molecular weight excluding hydrogens is 310 g/mol. The zero-order valence-electron chi connectivity index (χ0n) is 12.5. The second-order valence-electron chi connectivity index (χ2n) is 5.94. The van der Waals surface area contributed by atoms with Crippen molar-refractivity contribution in [3.05, 3.63) is 17.5 Å². The standard InChI is InChI=1S/C14H20ClN3O2S/c1-14(2,3)20-13(19)18-8-4-5-10(18)9-21-11-6-7-16-12(15)17-11/h6-7,10H,4-5,8-9H2,1-3H3/t10-/m1/s1. The van der Waals surface area contributed by atoms with Crippen molar-refractivity contribution in [1.29, 1.82) is 0 Å². The molecule has 21 heavy (non-hydrogen) atoms. The van der Waals surface area contributed by atoms with Crippen LogP contribution in [0.2, 0.25) is 5.28 Å². The van der Waals surface area contributed by atoms with Gasteiger partial charge in [0.2, 0.25) is 5.28 Å². The summed E-state index contributed by atoms with van der Waals surface area (Å²) in [6, 6.07) is 2.00. The highest BCUT2D eigenvalue weighted by atomic mass is 35.5. The summed E-state index contributed by atoms with van der Waals surface area (Å²) in [6.45, 7) is 6.40. The van der Waals surface area contributed by atoms with Crippen LogP contribution in [0.25, 0.3) is 0 Å². The van der Waals surface area contributed by atoms with Crippen molar-refractivity contribution in [2.75, 3.05) is 12.3 Å². The van der Waals surface area contributed by atoms with Gasteiger partial charge in [0.25, 0.3) is 0 Å². The van der Waals surface area contributed by atoms with Crippen LogP contribution >= 0.6 is 23.4 Å². The predicted octanol–water partition coefficient (Wildman–Crippen LogP) is 3.62. The summed E-state index contributed by atoms with van der Waals surface area (Å²) in [4.78, 5) is 22.0. The maximum atomic E-state index is 12.2. The monoisotopic (exact) mass is 329 g/mol. The lowest BCUT2D eigenvalue weighted by atomic mass is 10.2. The minimum atomic E-state index is -0.461. The van der Waals surface area contributed by atoms with E-state index in [-0.39, 0.29) is 17.4 Å². The lowest BCUT2D eigenvalue weighted by Crippen LogP contribution is -2.40. The van der Waals surface area contributed by atoms with Crippen molar-refractivity contribution in [2.45, 2.75) is 50.3 Å². The van der Waals surface area contributed by atoms with Crippen molar-refractivity contribution in [3.8, 4) is 0 Å². The van der Waals surface area contributed by atoms with Crippen LogP contribution in [0.3, 0.4) is 0 Å². The zero-order valence-corrected chi connectivity index (χ0v) is 14.1. The van der Waals surface area contributed by atoms with E-state index in [9.17, 15) is 4.79 Å². The molecule has 0 aromatic carbocycles. The zero-order chi connectivity index (χ0) is 15.5. The molecule has 0 unspecified atom stereocenters. The molecule has 1 fully saturated rings. The van der Waals surface area contributed by atoms with E-state index in [1.807, 2.05) is 31.7 Å². The van der Waals surface area contributed by atoms with E-state index in [1.165, 1.54) is 0 Å². The van der Waals surface area contributed by atoms with E-state index in [1.54, 1.807) is 18.0 Å². The minimum absolute atomic E-state index is 0.179. The van der Waals surface area contributed by atoms with Gasteiger partial charge in [0, 0.05) is 24.5 Å². The Kier molecular flexibility index (Phi) is 5.32. The summed E-state index contributed by atoms with van der Waals surface area (Å²) in [7, 11) is 0. The Morgan fingerprint density at radius 2 is 2.33 bits per heavy atom. The fourth-order valence-electron chi connectivity index (χ4n) is 2.15. The van der Waals surface area contributed by atoms with Gasteiger partial charge in [-0.15, -0.1) is 11.8 Å². The van der Waals surface area contributed by atoms with Gasteiger partial charge in [0.1, 0.15) is 10.6 Å². The van der Waals surface area contributed by atoms with E-state index in [4.69, 9.17) is 16.3 Å². The number of aromatic nitrogens is 2. The first-order chi connectivity index (χ1) is 9.85. The number of halogens is 1. The molecule has 2 rings (SSSR count). The number of likely N-dealkylation sites (tertiary alicyclic amines) is 1. The number of hydrogen-bond donors (Lipinski definition) is 0.